The summed E-state index contributed by atoms with van der Waals surface area (Å²) in [6.07, 6.45) is 103. The highest BCUT2D eigenvalue weighted by atomic mass is 16.6. The molecule has 0 rings (SSSR count). The van der Waals surface area contributed by atoms with Crippen LogP contribution in [0.4, 0.5) is 0 Å². The van der Waals surface area contributed by atoms with Crippen molar-refractivity contribution in [2.75, 3.05) is 13.2 Å². The maximum Gasteiger partial charge on any atom is 0.306 e. The molecule has 6 nitrogen and oxygen atoms in total. The smallest absolute Gasteiger partial charge is 0.306 e. The molecule has 1 unspecified atom stereocenters. The zero-order valence-electron chi connectivity index (χ0n) is 51.2. The fourth-order valence-electron chi connectivity index (χ4n) is 7.67. The molecule has 448 valence electrons. The first-order valence-electron chi connectivity index (χ1n) is 31.6. The number of unbranched alkanes of at least 4 members (excludes halogenated alkanes) is 9. The summed E-state index contributed by atoms with van der Waals surface area (Å²) in [5, 5.41) is 0. The van der Waals surface area contributed by atoms with Gasteiger partial charge in [0.1, 0.15) is 13.2 Å². The first-order chi connectivity index (χ1) is 40.0. The monoisotopic (exact) mass is 1110 g/mol. The van der Waals surface area contributed by atoms with Crippen LogP contribution in [0.25, 0.3) is 0 Å². The minimum absolute atomic E-state index is 0.139. The van der Waals surface area contributed by atoms with E-state index >= 15 is 0 Å². The molecule has 0 heterocycles. The van der Waals surface area contributed by atoms with Crippen molar-refractivity contribution < 1.29 is 28.6 Å². The Morgan fingerprint density at radius 3 is 0.765 bits per heavy atom. The van der Waals surface area contributed by atoms with E-state index in [-0.39, 0.29) is 38.0 Å². The van der Waals surface area contributed by atoms with Gasteiger partial charge in [-0.25, -0.2) is 0 Å². The van der Waals surface area contributed by atoms with Gasteiger partial charge in [-0.15, -0.1) is 0 Å². The van der Waals surface area contributed by atoms with Gasteiger partial charge in [-0.3, -0.25) is 14.4 Å². The van der Waals surface area contributed by atoms with Gasteiger partial charge in [0.25, 0.3) is 0 Å². The number of ether oxygens (including phenoxy) is 3. The normalized spacial score (nSPS) is 13.6. The second-order valence-corrected chi connectivity index (χ2v) is 19.8. The van der Waals surface area contributed by atoms with E-state index in [0.717, 1.165) is 154 Å². The lowest BCUT2D eigenvalue weighted by molar-refractivity contribution is -0.166. The summed E-state index contributed by atoms with van der Waals surface area (Å²) in [6.45, 7) is 6.17. The van der Waals surface area contributed by atoms with Gasteiger partial charge in [-0.05, 0) is 154 Å². The van der Waals surface area contributed by atoms with Crippen molar-refractivity contribution in [3.63, 3.8) is 0 Å². The van der Waals surface area contributed by atoms with E-state index < -0.39 is 12.1 Å². The lowest BCUT2D eigenvalue weighted by Crippen LogP contribution is -2.30. The molecule has 0 spiro atoms. The van der Waals surface area contributed by atoms with Crippen molar-refractivity contribution in [1.29, 1.82) is 0 Å². The molecule has 0 amide bonds. The van der Waals surface area contributed by atoms with Crippen molar-refractivity contribution >= 4 is 17.9 Å². The Bertz CT molecular complexity index is 2000. The van der Waals surface area contributed by atoms with Crippen LogP contribution in [0, 0.1) is 0 Å². The third-order valence-corrected chi connectivity index (χ3v) is 12.3. The highest BCUT2D eigenvalue weighted by molar-refractivity contribution is 5.71. The van der Waals surface area contributed by atoms with Crippen molar-refractivity contribution in [2.45, 2.75) is 232 Å². The number of allylic oxidation sites excluding steroid dienone is 34. The molecule has 0 aromatic heterocycles. The zero-order valence-corrected chi connectivity index (χ0v) is 51.2. The fraction of sp³-hybridized carbons (Fsp3) is 0.507. The molecule has 0 aliphatic rings. The first kappa shape index (κ1) is 75.0. The molecule has 1 atom stereocenters. The molecule has 0 aliphatic heterocycles. The molecular weight excluding hydrogens is 997 g/mol. The van der Waals surface area contributed by atoms with Crippen LogP contribution in [0.1, 0.15) is 226 Å². The molecular formula is C75H112O6. The van der Waals surface area contributed by atoms with Crippen LogP contribution in [0.3, 0.4) is 0 Å². The lowest BCUT2D eigenvalue weighted by Gasteiger charge is -2.18. The number of rotatable bonds is 54. The minimum Gasteiger partial charge on any atom is -0.462 e. The van der Waals surface area contributed by atoms with Gasteiger partial charge in [0.15, 0.2) is 6.10 Å². The highest BCUT2D eigenvalue weighted by Crippen LogP contribution is 2.12. The molecule has 0 N–H and O–H groups in total. The molecule has 0 bridgehead atoms. The Balaban J connectivity index is 4.53. The van der Waals surface area contributed by atoms with Crippen LogP contribution in [0.15, 0.2) is 207 Å². The van der Waals surface area contributed by atoms with E-state index in [2.05, 4.69) is 215 Å². The van der Waals surface area contributed by atoms with Crippen molar-refractivity contribution in [1.82, 2.24) is 0 Å². The predicted octanol–water partition coefficient (Wildman–Crippen LogP) is 22.0. The lowest BCUT2D eigenvalue weighted by atomic mass is 10.1. The first-order valence-corrected chi connectivity index (χ1v) is 31.6. The number of hydrogen-bond acceptors (Lipinski definition) is 6. The Labute approximate surface area is 496 Å². The van der Waals surface area contributed by atoms with Crippen molar-refractivity contribution in [3.8, 4) is 0 Å². The van der Waals surface area contributed by atoms with Crippen molar-refractivity contribution in [3.05, 3.63) is 207 Å². The Hall–Kier alpha value is -6.01. The predicted molar refractivity (Wildman–Crippen MR) is 352 cm³/mol. The summed E-state index contributed by atoms with van der Waals surface area (Å²) in [5.41, 5.74) is 0. The summed E-state index contributed by atoms with van der Waals surface area (Å²) < 4.78 is 16.8. The summed E-state index contributed by atoms with van der Waals surface area (Å²) in [6, 6.07) is 0. The average molecular weight is 1110 g/mol. The van der Waals surface area contributed by atoms with E-state index in [9.17, 15) is 14.4 Å². The van der Waals surface area contributed by atoms with Gasteiger partial charge in [0, 0.05) is 19.3 Å². The Kier molecular flexibility index (Phi) is 61.6. The largest absolute Gasteiger partial charge is 0.462 e. The van der Waals surface area contributed by atoms with Gasteiger partial charge in [0.2, 0.25) is 0 Å². The molecule has 6 heteroatoms. The van der Waals surface area contributed by atoms with Crippen LogP contribution in [0.5, 0.6) is 0 Å². The van der Waals surface area contributed by atoms with Crippen LogP contribution < -0.4 is 0 Å². The molecule has 0 aromatic rings. The van der Waals surface area contributed by atoms with E-state index in [0.29, 0.717) is 19.3 Å². The quantitative estimate of drug-likeness (QED) is 0.0261. The zero-order chi connectivity index (χ0) is 58.5. The number of carbonyl (C=O) groups is 3. The van der Waals surface area contributed by atoms with Gasteiger partial charge >= 0.3 is 17.9 Å². The minimum atomic E-state index is -0.855. The second-order valence-electron chi connectivity index (χ2n) is 19.8. The molecule has 0 saturated heterocycles. The average Bonchev–Trinajstić information content (AvgIpc) is 3.47. The Morgan fingerprint density at radius 1 is 0.247 bits per heavy atom. The SMILES string of the molecule is CC/C=C\C/C=C\C/C=C\C/C=C\C/C=C\C/C=C\C/C=C\CCCCCCCCCC(=O)OCC(COC(=O)CCCC/C=C\C/C=C\C/C=C\C/C=C\CC)OC(=O)CC/C=C\C/C=C\C/C=C\C/C=C\C/C=C\C/C=C\CC. The molecule has 0 saturated carbocycles. The number of carbonyl (C=O) groups excluding carboxylic acids is 3. The molecule has 0 radical (unpaired) electrons. The summed E-state index contributed by atoms with van der Waals surface area (Å²) in [5.74, 6) is -1.09. The summed E-state index contributed by atoms with van der Waals surface area (Å²) >= 11 is 0. The van der Waals surface area contributed by atoms with Crippen molar-refractivity contribution in [2.24, 2.45) is 0 Å². The maximum atomic E-state index is 12.9. The van der Waals surface area contributed by atoms with Crippen LogP contribution in [-0.4, -0.2) is 37.2 Å². The summed E-state index contributed by atoms with van der Waals surface area (Å²) in [4.78, 5) is 38.3. The van der Waals surface area contributed by atoms with Crippen LogP contribution in [0.2, 0.25) is 0 Å². The highest BCUT2D eigenvalue weighted by Gasteiger charge is 2.19. The topological polar surface area (TPSA) is 78.9 Å². The number of esters is 3. The third-order valence-electron chi connectivity index (χ3n) is 12.3. The van der Waals surface area contributed by atoms with Crippen LogP contribution >= 0.6 is 0 Å². The number of hydrogen-bond donors (Lipinski definition) is 0. The van der Waals surface area contributed by atoms with Gasteiger partial charge in [-0.1, -0.05) is 259 Å². The third kappa shape index (κ3) is 64.7. The molecule has 0 aromatic carbocycles. The molecule has 0 fully saturated rings. The van der Waals surface area contributed by atoms with E-state index in [1.54, 1.807) is 0 Å². The van der Waals surface area contributed by atoms with Crippen LogP contribution in [-0.2, 0) is 28.6 Å². The standard InChI is InChI=1S/C75H112O6/c1-4-7-10-13-16-19-22-25-28-30-32-33-34-35-36-37-38-39-40-41-43-44-47-50-53-56-59-62-65-68-74(77)80-71-72(70-79-73(76)67-64-61-58-55-52-49-46-27-24-21-18-15-12-9-6-3)81-75(78)69-66-63-60-57-54-51-48-45-42-31-29-26-23-20-17-14-11-8-5-2/h7-12,16-21,25-29,32-33,35-36,38-39,41-43,45-46,51-52,54-55,60,63,72H,4-6,13-15,22-24,30-31,34,37,40,44,47-50,53,56-59,61-62,64-71H2,1-3H3/b10-7-,11-8-,12-9-,19-16-,20-17-,21-18-,28-25-,29-26-,33-32-,36-35-,39-38-,43-41-,45-42-,46-27-,54-51-,55-52-,63-60-. The van der Waals surface area contributed by atoms with E-state index in [4.69, 9.17) is 14.2 Å². The summed E-state index contributed by atoms with van der Waals surface area (Å²) in [7, 11) is 0. The van der Waals surface area contributed by atoms with Gasteiger partial charge < -0.3 is 14.2 Å². The van der Waals surface area contributed by atoms with E-state index in [1.807, 2.05) is 12.2 Å². The Morgan fingerprint density at radius 2 is 0.469 bits per heavy atom. The molecule has 81 heavy (non-hydrogen) atoms. The van der Waals surface area contributed by atoms with Gasteiger partial charge in [0.05, 0.1) is 0 Å². The van der Waals surface area contributed by atoms with E-state index in [1.165, 1.54) is 19.3 Å². The second kappa shape index (κ2) is 66.5. The molecule has 0 aliphatic carbocycles. The van der Waals surface area contributed by atoms with Gasteiger partial charge in [-0.2, -0.15) is 0 Å². The maximum absolute atomic E-state index is 12.9. The fourth-order valence-corrected chi connectivity index (χ4v) is 7.67.